The Balaban J connectivity index is 2.07. The third-order valence-corrected chi connectivity index (χ3v) is 5.94. The Hall–Kier alpha value is -3.00. The maximum atomic E-state index is 5.68. The monoisotopic (exact) mass is 338 g/mol. The molecule has 1 aliphatic rings. The van der Waals surface area contributed by atoms with Crippen molar-refractivity contribution in [3.63, 3.8) is 0 Å². The smallest absolute Gasteiger partial charge is 0.0582 e. The van der Waals surface area contributed by atoms with Gasteiger partial charge in [0.2, 0.25) is 0 Å². The molecule has 2 heteroatoms. The Morgan fingerprint density at radius 1 is 0.923 bits per heavy atom. The SMILES string of the molecule is Cc1cc2c3cccc4c3n(c2cc1/C=C\N)-c1ccccc1C4(C)C. The van der Waals surface area contributed by atoms with Gasteiger partial charge in [0.1, 0.15) is 0 Å². The molecular weight excluding hydrogens is 316 g/mol. The van der Waals surface area contributed by atoms with E-state index >= 15 is 0 Å². The minimum absolute atomic E-state index is 0.0183. The number of hydrogen-bond donors (Lipinski definition) is 1. The molecule has 3 aromatic carbocycles. The molecule has 2 nitrogen and oxygen atoms in total. The number of fused-ring (bicyclic) bond motifs is 5. The van der Waals surface area contributed by atoms with Crippen molar-refractivity contribution < 1.29 is 0 Å². The van der Waals surface area contributed by atoms with Crippen molar-refractivity contribution in [2.24, 2.45) is 5.73 Å². The maximum Gasteiger partial charge on any atom is 0.0582 e. The molecule has 4 aromatic rings. The van der Waals surface area contributed by atoms with E-state index in [1.165, 1.54) is 49.7 Å². The summed E-state index contributed by atoms with van der Waals surface area (Å²) in [6.07, 6.45) is 3.61. The molecule has 0 aliphatic carbocycles. The summed E-state index contributed by atoms with van der Waals surface area (Å²) in [7, 11) is 0. The predicted molar refractivity (Wildman–Crippen MR) is 111 cm³/mol. The fraction of sp³-hybridized carbons (Fsp3) is 0.167. The second-order valence-corrected chi connectivity index (χ2v) is 7.76. The second-order valence-electron chi connectivity index (χ2n) is 7.76. The van der Waals surface area contributed by atoms with Crippen molar-refractivity contribution in [1.29, 1.82) is 0 Å². The molecule has 128 valence electrons. The van der Waals surface area contributed by atoms with Crippen LogP contribution in [0.3, 0.4) is 0 Å². The standard InChI is InChI=1S/C24H22N2/c1-15-13-18-17-7-6-9-20-23(17)26(22(18)14-16(15)11-12-25)21-10-5-4-8-19(21)24(20,2)3/h4-14H,25H2,1-3H3/b12-11-. The van der Waals surface area contributed by atoms with E-state index in [2.05, 4.69) is 79.9 Å². The molecule has 0 fully saturated rings. The highest BCUT2D eigenvalue weighted by Gasteiger charge is 2.34. The number of benzene rings is 3. The van der Waals surface area contributed by atoms with Gasteiger partial charge in [-0.3, -0.25) is 0 Å². The van der Waals surface area contributed by atoms with Gasteiger partial charge in [-0.1, -0.05) is 50.2 Å². The summed E-state index contributed by atoms with van der Waals surface area (Å²) < 4.78 is 2.44. The van der Waals surface area contributed by atoms with Crippen molar-refractivity contribution in [3.8, 4) is 5.69 Å². The Labute approximate surface area is 153 Å². The molecule has 1 aromatic heterocycles. The summed E-state index contributed by atoms with van der Waals surface area (Å²) >= 11 is 0. The van der Waals surface area contributed by atoms with Crippen LogP contribution >= 0.6 is 0 Å². The fourth-order valence-electron chi connectivity index (χ4n) is 4.62. The van der Waals surface area contributed by atoms with E-state index in [1.54, 1.807) is 6.20 Å². The van der Waals surface area contributed by atoms with Crippen molar-refractivity contribution in [1.82, 2.24) is 4.57 Å². The summed E-state index contributed by atoms with van der Waals surface area (Å²) in [5, 5.41) is 2.63. The van der Waals surface area contributed by atoms with E-state index in [0.29, 0.717) is 0 Å². The lowest BCUT2D eigenvalue weighted by atomic mass is 9.75. The zero-order valence-electron chi connectivity index (χ0n) is 15.4. The van der Waals surface area contributed by atoms with E-state index in [4.69, 9.17) is 5.73 Å². The topological polar surface area (TPSA) is 30.9 Å². The number of hydrogen-bond acceptors (Lipinski definition) is 1. The molecule has 0 saturated heterocycles. The highest BCUT2D eigenvalue weighted by Crippen LogP contribution is 2.47. The summed E-state index contributed by atoms with van der Waals surface area (Å²) in [5.74, 6) is 0. The number of nitrogens with two attached hydrogens (primary N) is 1. The summed E-state index contributed by atoms with van der Waals surface area (Å²) in [4.78, 5) is 0. The summed E-state index contributed by atoms with van der Waals surface area (Å²) in [6, 6.07) is 20.1. The molecule has 0 amide bonds. The van der Waals surface area contributed by atoms with Crippen LogP contribution in [-0.2, 0) is 5.41 Å². The first-order valence-electron chi connectivity index (χ1n) is 9.10. The number of aromatic nitrogens is 1. The molecule has 2 N–H and O–H groups in total. The molecule has 0 unspecified atom stereocenters. The Kier molecular flexibility index (Phi) is 2.94. The fourth-order valence-corrected chi connectivity index (χ4v) is 4.62. The maximum absolute atomic E-state index is 5.68. The first-order valence-corrected chi connectivity index (χ1v) is 9.10. The highest BCUT2D eigenvalue weighted by molar-refractivity contribution is 6.12. The molecule has 0 atom stereocenters. The molecule has 0 spiro atoms. The zero-order chi connectivity index (χ0) is 18.1. The van der Waals surface area contributed by atoms with Gasteiger partial charge in [-0.15, -0.1) is 0 Å². The van der Waals surface area contributed by atoms with Gasteiger partial charge in [-0.05, 0) is 59.7 Å². The van der Waals surface area contributed by atoms with Crippen LogP contribution in [0, 0.1) is 6.92 Å². The Morgan fingerprint density at radius 2 is 1.69 bits per heavy atom. The van der Waals surface area contributed by atoms with Crippen LogP contribution in [-0.4, -0.2) is 4.57 Å². The number of aryl methyl sites for hydroxylation is 1. The average molecular weight is 338 g/mol. The van der Waals surface area contributed by atoms with Crippen LogP contribution in [0.1, 0.15) is 36.1 Å². The van der Waals surface area contributed by atoms with E-state index in [0.717, 1.165) is 0 Å². The van der Waals surface area contributed by atoms with Gasteiger partial charge in [0.25, 0.3) is 0 Å². The molecule has 26 heavy (non-hydrogen) atoms. The molecule has 1 aliphatic heterocycles. The van der Waals surface area contributed by atoms with Crippen molar-refractivity contribution in [2.45, 2.75) is 26.2 Å². The van der Waals surface area contributed by atoms with Gasteiger partial charge in [0, 0.05) is 16.2 Å². The summed E-state index contributed by atoms with van der Waals surface area (Å²) in [5.41, 5.74) is 14.7. The Morgan fingerprint density at radius 3 is 2.50 bits per heavy atom. The van der Waals surface area contributed by atoms with E-state index < -0.39 is 0 Å². The largest absolute Gasteiger partial charge is 0.405 e. The number of nitrogens with zero attached hydrogens (tertiary/aromatic N) is 1. The molecule has 5 rings (SSSR count). The number of para-hydroxylation sites is 2. The lowest BCUT2D eigenvalue weighted by Gasteiger charge is -2.34. The average Bonchev–Trinajstić information content (AvgIpc) is 2.95. The van der Waals surface area contributed by atoms with Gasteiger partial charge in [-0.25, -0.2) is 0 Å². The van der Waals surface area contributed by atoms with Crippen LogP contribution in [0.25, 0.3) is 33.6 Å². The summed E-state index contributed by atoms with van der Waals surface area (Å²) in [6.45, 7) is 6.81. The van der Waals surface area contributed by atoms with Crippen molar-refractivity contribution >= 4 is 27.9 Å². The van der Waals surface area contributed by atoms with Crippen molar-refractivity contribution in [2.75, 3.05) is 0 Å². The first kappa shape index (κ1) is 15.3. The number of rotatable bonds is 1. The minimum atomic E-state index is -0.0183. The van der Waals surface area contributed by atoms with Crippen LogP contribution < -0.4 is 5.73 Å². The van der Waals surface area contributed by atoms with Gasteiger partial charge < -0.3 is 10.3 Å². The van der Waals surface area contributed by atoms with Crippen LogP contribution in [0.2, 0.25) is 0 Å². The minimum Gasteiger partial charge on any atom is -0.405 e. The van der Waals surface area contributed by atoms with Gasteiger partial charge >= 0.3 is 0 Å². The molecular formula is C24H22N2. The first-order chi connectivity index (χ1) is 12.5. The highest BCUT2D eigenvalue weighted by atomic mass is 15.0. The molecule has 0 bridgehead atoms. The van der Waals surface area contributed by atoms with E-state index in [9.17, 15) is 0 Å². The second kappa shape index (κ2) is 5.01. The quantitative estimate of drug-likeness (QED) is 0.477. The third-order valence-electron chi connectivity index (χ3n) is 5.94. The van der Waals surface area contributed by atoms with E-state index in [1.807, 2.05) is 6.08 Å². The lowest BCUT2D eigenvalue weighted by Crippen LogP contribution is -2.26. The van der Waals surface area contributed by atoms with Crippen LogP contribution in [0.15, 0.2) is 60.8 Å². The lowest BCUT2D eigenvalue weighted by molar-refractivity contribution is 0.630. The molecule has 0 saturated carbocycles. The van der Waals surface area contributed by atoms with E-state index in [-0.39, 0.29) is 5.41 Å². The predicted octanol–water partition coefficient (Wildman–Crippen LogP) is 5.66. The van der Waals surface area contributed by atoms with Crippen molar-refractivity contribution in [3.05, 3.63) is 83.1 Å². The Bertz CT molecular complexity index is 1220. The normalized spacial score (nSPS) is 15.0. The third kappa shape index (κ3) is 1.76. The van der Waals surface area contributed by atoms with Crippen LogP contribution in [0.4, 0.5) is 0 Å². The van der Waals surface area contributed by atoms with Gasteiger partial charge in [-0.2, -0.15) is 0 Å². The molecule has 2 heterocycles. The molecule has 0 radical (unpaired) electrons. The van der Waals surface area contributed by atoms with Crippen LogP contribution in [0.5, 0.6) is 0 Å². The van der Waals surface area contributed by atoms with Gasteiger partial charge in [0.15, 0.2) is 0 Å². The zero-order valence-corrected chi connectivity index (χ0v) is 15.4. The van der Waals surface area contributed by atoms with Gasteiger partial charge in [0.05, 0.1) is 16.7 Å².